The van der Waals surface area contributed by atoms with Gasteiger partial charge in [-0.05, 0) is 60.7 Å². The van der Waals surface area contributed by atoms with Gasteiger partial charge in [0, 0.05) is 42.8 Å². The van der Waals surface area contributed by atoms with Gasteiger partial charge in [-0.3, -0.25) is 0 Å². The molecule has 1 aliphatic rings. The van der Waals surface area contributed by atoms with Crippen LogP contribution in [0.15, 0.2) is 79.0 Å². The number of aromatic amines is 1. The Morgan fingerprint density at radius 1 is 0.943 bits per heavy atom. The summed E-state index contributed by atoms with van der Waals surface area (Å²) in [6, 6.07) is 23.9. The van der Waals surface area contributed by atoms with Crippen molar-refractivity contribution in [1.82, 2.24) is 19.4 Å². The summed E-state index contributed by atoms with van der Waals surface area (Å²) < 4.78 is 15.6. The highest BCUT2D eigenvalue weighted by molar-refractivity contribution is 5.83. The van der Waals surface area contributed by atoms with Crippen molar-refractivity contribution in [3.05, 3.63) is 95.9 Å². The minimum atomic E-state index is -0.209. The van der Waals surface area contributed by atoms with E-state index in [0.29, 0.717) is 12.6 Å². The number of aromatic nitrogens is 3. The molecule has 35 heavy (non-hydrogen) atoms. The number of anilines is 1. The van der Waals surface area contributed by atoms with Crippen molar-refractivity contribution in [2.24, 2.45) is 0 Å². The maximum absolute atomic E-state index is 13.4. The van der Waals surface area contributed by atoms with Crippen LogP contribution in [0, 0.1) is 5.82 Å². The van der Waals surface area contributed by atoms with Crippen LogP contribution in [0.25, 0.3) is 21.9 Å². The quantitative estimate of drug-likeness (QED) is 0.317. The second kappa shape index (κ2) is 9.55. The van der Waals surface area contributed by atoms with Gasteiger partial charge in [0.25, 0.3) is 0 Å². The van der Waals surface area contributed by atoms with Gasteiger partial charge in [0.2, 0.25) is 5.95 Å². The zero-order chi connectivity index (χ0) is 23.6. The van der Waals surface area contributed by atoms with Crippen molar-refractivity contribution >= 4 is 27.9 Å². The molecule has 3 aromatic carbocycles. The molecule has 0 spiro atoms. The van der Waals surface area contributed by atoms with E-state index in [1.54, 1.807) is 0 Å². The van der Waals surface area contributed by atoms with E-state index >= 15 is 0 Å². The summed E-state index contributed by atoms with van der Waals surface area (Å²) in [5.41, 5.74) is 5.75. The first-order valence-corrected chi connectivity index (χ1v) is 12.5. The van der Waals surface area contributed by atoms with Gasteiger partial charge in [-0.1, -0.05) is 42.5 Å². The van der Waals surface area contributed by atoms with Crippen LogP contribution >= 0.6 is 0 Å². The summed E-state index contributed by atoms with van der Waals surface area (Å²) in [5.74, 6) is 0.687. The maximum atomic E-state index is 13.4. The van der Waals surface area contributed by atoms with Crippen LogP contribution in [0.1, 0.15) is 24.0 Å². The highest BCUT2D eigenvalue weighted by Crippen LogP contribution is 2.24. The van der Waals surface area contributed by atoms with Gasteiger partial charge >= 0.3 is 0 Å². The smallest absolute Gasteiger partial charge is 0.204 e. The van der Waals surface area contributed by atoms with Crippen molar-refractivity contribution < 1.29 is 4.39 Å². The molecule has 5 nitrogen and oxygen atoms in total. The van der Waals surface area contributed by atoms with E-state index in [2.05, 4.69) is 62.4 Å². The number of nitrogens with one attached hydrogen (secondary N) is 2. The van der Waals surface area contributed by atoms with E-state index in [-0.39, 0.29) is 5.82 Å². The Kier molecular flexibility index (Phi) is 5.96. The molecule has 1 saturated heterocycles. The van der Waals surface area contributed by atoms with E-state index in [9.17, 15) is 4.39 Å². The molecule has 0 radical (unpaired) electrons. The number of fused-ring (bicyclic) bond motifs is 2. The lowest BCUT2D eigenvalue weighted by Crippen LogP contribution is -2.40. The molecule has 6 rings (SSSR count). The van der Waals surface area contributed by atoms with E-state index in [0.717, 1.165) is 61.4 Å². The number of H-pyrrole nitrogens is 1. The summed E-state index contributed by atoms with van der Waals surface area (Å²) in [4.78, 5) is 10.9. The molecule has 0 unspecified atom stereocenters. The molecular formula is C29H30FN5. The first-order valence-electron chi connectivity index (χ1n) is 12.5. The van der Waals surface area contributed by atoms with Crippen LogP contribution in [-0.2, 0) is 13.0 Å². The Morgan fingerprint density at radius 3 is 2.57 bits per heavy atom. The third-order valence-electron chi connectivity index (χ3n) is 7.20. The molecule has 6 heteroatoms. The third kappa shape index (κ3) is 4.66. The Bertz CT molecular complexity index is 1430. The number of hydrogen-bond donors (Lipinski definition) is 2. The van der Waals surface area contributed by atoms with Gasteiger partial charge in [-0.15, -0.1) is 0 Å². The zero-order valence-corrected chi connectivity index (χ0v) is 19.8. The second-order valence-electron chi connectivity index (χ2n) is 9.51. The van der Waals surface area contributed by atoms with Gasteiger partial charge in [0.1, 0.15) is 5.82 Å². The fourth-order valence-electron chi connectivity index (χ4n) is 5.22. The van der Waals surface area contributed by atoms with Crippen molar-refractivity contribution in [2.45, 2.75) is 31.8 Å². The summed E-state index contributed by atoms with van der Waals surface area (Å²) in [6.07, 6.45) is 5.40. The van der Waals surface area contributed by atoms with Crippen LogP contribution in [-0.4, -0.2) is 45.1 Å². The number of piperidine rings is 1. The summed E-state index contributed by atoms with van der Waals surface area (Å²) in [7, 11) is 0. The molecule has 0 aliphatic carbocycles. The minimum Gasteiger partial charge on any atom is -0.361 e. The molecule has 0 saturated carbocycles. The fraction of sp³-hybridized carbons (Fsp3) is 0.276. The predicted molar refractivity (Wildman–Crippen MR) is 140 cm³/mol. The number of nitrogens with zero attached hydrogens (tertiary/aromatic N) is 3. The van der Waals surface area contributed by atoms with Crippen LogP contribution in [0.3, 0.4) is 0 Å². The lowest BCUT2D eigenvalue weighted by atomic mass is 10.0. The summed E-state index contributed by atoms with van der Waals surface area (Å²) >= 11 is 0. The lowest BCUT2D eigenvalue weighted by Gasteiger charge is -2.32. The largest absolute Gasteiger partial charge is 0.361 e. The Labute approximate surface area is 204 Å². The summed E-state index contributed by atoms with van der Waals surface area (Å²) in [6.45, 7) is 3.90. The van der Waals surface area contributed by atoms with E-state index in [1.807, 2.05) is 24.3 Å². The predicted octanol–water partition coefficient (Wildman–Crippen LogP) is 5.82. The second-order valence-corrected chi connectivity index (χ2v) is 9.51. The molecule has 3 heterocycles. The summed E-state index contributed by atoms with van der Waals surface area (Å²) in [5, 5.41) is 5.07. The maximum Gasteiger partial charge on any atom is 0.204 e. The fourth-order valence-corrected chi connectivity index (χ4v) is 5.22. The number of rotatable bonds is 7. The molecular weight excluding hydrogens is 437 g/mol. The van der Waals surface area contributed by atoms with Gasteiger partial charge in [-0.2, -0.15) is 0 Å². The monoisotopic (exact) mass is 467 g/mol. The van der Waals surface area contributed by atoms with Crippen molar-refractivity contribution in [3.8, 4) is 0 Å². The topological polar surface area (TPSA) is 48.9 Å². The molecule has 2 N–H and O–H groups in total. The molecule has 0 bridgehead atoms. The third-order valence-corrected chi connectivity index (χ3v) is 7.20. The molecule has 178 valence electrons. The standard InChI is InChI=1S/C29H30FN5/c30-23-11-9-21(10-12-23)20-35-28-8-4-3-7-27(28)33-29(35)32-24-14-17-34(18-15-24)16-13-22-19-31-26-6-2-1-5-25(22)26/h1-12,19,24,31H,13-18,20H2,(H,32,33). The number of likely N-dealkylation sites (tertiary alicyclic amines) is 1. The normalized spacial score (nSPS) is 15.2. The van der Waals surface area contributed by atoms with Gasteiger partial charge in [0.05, 0.1) is 17.6 Å². The molecule has 0 atom stereocenters. The lowest BCUT2D eigenvalue weighted by molar-refractivity contribution is 0.221. The van der Waals surface area contributed by atoms with E-state index < -0.39 is 0 Å². The molecule has 1 aliphatic heterocycles. The van der Waals surface area contributed by atoms with Crippen LogP contribution in [0.5, 0.6) is 0 Å². The van der Waals surface area contributed by atoms with E-state index in [1.165, 1.54) is 28.6 Å². The van der Waals surface area contributed by atoms with Gasteiger partial charge < -0.3 is 19.8 Å². The van der Waals surface area contributed by atoms with Crippen molar-refractivity contribution in [2.75, 3.05) is 25.0 Å². The number of hydrogen-bond acceptors (Lipinski definition) is 3. The number of halogens is 1. The van der Waals surface area contributed by atoms with Gasteiger partial charge in [0.15, 0.2) is 0 Å². The SMILES string of the molecule is Fc1ccc(Cn2c(NC3CCN(CCc4c[nH]c5ccccc45)CC3)nc3ccccc32)cc1. The number of benzene rings is 3. The van der Waals surface area contributed by atoms with Crippen LogP contribution < -0.4 is 5.32 Å². The zero-order valence-electron chi connectivity index (χ0n) is 19.8. The Hall–Kier alpha value is -3.64. The molecule has 1 fully saturated rings. The average Bonchev–Trinajstić information content (AvgIpc) is 3.46. The molecule has 2 aromatic heterocycles. The minimum absolute atomic E-state index is 0.209. The first kappa shape index (κ1) is 21.9. The average molecular weight is 468 g/mol. The Morgan fingerprint density at radius 2 is 1.71 bits per heavy atom. The molecule has 0 amide bonds. The Balaban J connectivity index is 1.11. The van der Waals surface area contributed by atoms with E-state index in [4.69, 9.17) is 4.98 Å². The number of para-hydroxylation sites is 3. The van der Waals surface area contributed by atoms with Crippen LogP contribution in [0.4, 0.5) is 10.3 Å². The molecule has 5 aromatic rings. The van der Waals surface area contributed by atoms with Crippen LogP contribution in [0.2, 0.25) is 0 Å². The highest BCUT2D eigenvalue weighted by atomic mass is 19.1. The number of imidazole rings is 1. The van der Waals surface area contributed by atoms with Gasteiger partial charge in [-0.25, -0.2) is 9.37 Å². The van der Waals surface area contributed by atoms with Crippen molar-refractivity contribution in [3.63, 3.8) is 0 Å². The highest BCUT2D eigenvalue weighted by Gasteiger charge is 2.21. The van der Waals surface area contributed by atoms with Crippen molar-refractivity contribution in [1.29, 1.82) is 0 Å². The first-order chi connectivity index (χ1) is 17.2.